The summed E-state index contributed by atoms with van der Waals surface area (Å²) in [6.45, 7) is 5.13. The van der Waals surface area contributed by atoms with Gasteiger partial charge in [-0.3, -0.25) is 0 Å². The Balaban J connectivity index is 1.91. The van der Waals surface area contributed by atoms with Crippen molar-refractivity contribution in [1.82, 2.24) is 10.2 Å². The van der Waals surface area contributed by atoms with Crippen LogP contribution in [0.2, 0.25) is 0 Å². The third-order valence-corrected chi connectivity index (χ3v) is 3.87. The van der Waals surface area contributed by atoms with Crippen LogP contribution >= 0.6 is 0 Å². The number of hydrogen-bond donors (Lipinski definition) is 1. The van der Waals surface area contributed by atoms with Gasteiger partial charge in [0.1, 0.15) is 9.84 Å². The van der Waals surface area contributed by atoms with Gasteiger partial charge in [0.15, 0.2) is 0 Å². The Morgan fingerprint density at radius 3 is 2.44 bits per heavy atom. The second-order valence-electron chi connectivity index (χ2n) is 4.64. The van der Waals surface area contributed by atoms with Gasteiger partial charge in [0.25, 0.3) is 0 Å². The number of rotatable bonds is 7. The van der Waals surface area contributed by atoms with Crippen LogP contribution in [0, 0.1) is 0 Å². The number of hydrogen-bond acceptors (Lipinski definition) is 4. The molecule has 5 heteroatoms. The van der Waals surface area contributed by atoms with E-state index in [-0.39, 0.29) is 5.75 Å². The third kappa shape index (κ3) is 7.19. The Bertz CT molecular complexity index is 272. The van der Waals surface area contributed by atoms with E-state index in [0.29, 0.717) is 6.54 Å². The first-order valence-corrected chi connectivity index (χ1v) is 8.25. The monoisotopic (exact) mass is 248 g/mol. The maximum atomic E-state index is 10.9. The van der Waals surface area contributed by atoms with Crippen molar-refractivity contribution in [2.75, 3.05) is 44.7 Å². The lowest BCUT2D eigenvalue weighted by atomic mass is 10.1. The molecule has 0 aromatic rings. The molecular formula is C11H24N2O2S. The number of sulfone groups is 1. The molecule has 1 saturated heterocycles. The van der Waals surface area contributed by atoms with Crippen LogP contribution < -0.4 is 5.32 Å². The third-order valence-electron chi connectivity index (χ3n) is 2.93. The van der Waals surface area contributed by atoms with Gasteiger partial charge < -0.3 is 10.2 Å². The molecule has 0 aliphatic carbocycles. The zero-order chi connectivity index (χ0) is 11.9. The van der Waals surface area contributed by atoms with Crippen molar-refractivity contribution >= 4 is 9.84 Å². The SMILES string of the molecule is CS(=O)(=O)CCNCCCN1CCCCC1. The molecule has 0 spiro atoms. The van der Waals surface area contributed by atoms with Crippen LogP contribution in [0.1, 0.15) is 25.7 Å². The standard InChI is InChI=1S/C11H24N2O2S/c1-16(14,15)11-7-12-6-5-10-13-8-3-2-4-9-13/h12H,2-11H2,1H3. The zero-order valence-electron chi connectivity index (χ0n) is 10.2. The van der Waals surface area contributed by atoms with Crippen LogP contribution in [0.3, 0.4) is 0 Å². The largest absolute Gasteiger partial charge is 0.316 e. The molecule has 1 aliphatic rings. The molecule has 0 amide bonds. The molecule has 0 radical (unpaired) electrons. The normalized spacial score (nSPS) is 18.8. The van der Waals surface area contributed by atoms with Gasteiger partial charge in [-0.05, 0) is 45.4 Å². The molecule has 0 aromatic carbocycles. The molecule has 96 valence electrons. The molecule has 0 atom stereocenters. The van der Waals surface area contributed by atoms with Crippen molar-refractivity contribution in [3.8, 4) is 0 Å². The molecule has 1 N–H and O–H groups in total. The Hall–Kier alpha value is -0.130. The summed E-state index contributed by atoms with van der Waals surface area (Å²) in [5.74, 6) is 0.247. The van der Waals surface area contributed by atoms with Crippen molar-refractivity contribution in [2.24, 2.45) is 0 Å². The van der Waals surface area contributed by atoms with Crippen molar-refractivity contribution in [2.45, 2.75) is 25.7 Å². The van der Waals surface area contributed by atoms with E-state index in [1.807, 2.05) is 0 Å². The number of likely N-dealkylation sites (tertiary alicyclic amines) is 1. The Morgan fingerprint density at radius 2 is 1.81 bits per heavy atom. The van der Waals surface area contributed by atoms with E-state index < -0.39 is 9.84 Å². The number of nitrogens with one attached hydrogen (secondary N) is 1. The molecule has 0 bridgehead atoms. The minimum absolute atomic E-state index is 0.247. The Labute approximate surface area is 99.3 Å². The number of piperidine rings is 1. The van der Waals surface area contributed by atoms with Gasteiger partial charge in [-0.25, -0.2) is 8.42 Å². The van der Waals surface area contributed by atoms with E-state index in [0.717, 1.165) is 19.5 Å². The highest BCUT2D eigenvalue weighted by atomic mass is 32.2. The first-order chi connectivity index (χ1) is 7.58. The molecule has 0 aromatic heterocycles. The van der Waals surface area contributed by atoms with Gasteiger partial charge in [-0.1, -0.05) is 6.42 Å². The molecule has 1 aliphatic heterocycles. The fourth-order valence-electron chi connectivity index (χ4n) is 1.99. The number of nitrogens with zero attached hydrogens (tertiary/aromatic N) is 1. The minimum Gasteiger partial charge on any atom is -0.316 e. The van der Waals surface area contributed by atoms with Crippen LogP contribution in [-0.4, -0.2) is 58.1 Å². The summed E-state index contributed by atoms with van der Waals surface area (Å²) < 4.78 is 21.7. The molecule has 0 unspecified atom stereocenters. The maximum Gasteiger partial charge on any atom is 0.148 e. The summed E-state index contributed by atoms with van der Waals surface area (Å²) in [7, 11) is -2.80. The van der Waals surface area contributed by atoms with Gasteiger partial charge in [0, 0.05) is 12.8 Å². The minimum atomic E-state index is -2.80. The van der Waals surface area contributed by atoms with Gasteiger partial charge in [-0.15, -0.1) is 0 Å². The smallest absolute Gasteiger partial charge is 0.148 e. The van der Waals surface area contributed by atoms with Gasteiger partial charge >= 0.3 is 0 Å². The van der Waals surface area contributed by atoms with Crippen molar-refractivity contribution in [3.63, 3.8) is 0 Å². The van der Waals surface area contributed by atoms with E-state index in [4.69, 9.17) is 0 Å². The Kier molecular flexibility index (Phi) is 6.31. The summed E-state index contributed by atoms with van der Waals surface area (Å²) in [4.78, 5) is 2.50. The lowest BCUT2D eigenvalue weighted by molar-refractivity contribution is 0.226. The average Bonchev–Trinajstić information content (AvgIpc) is 2.23. The van der Waals surface area contributed by atoms with E-state index >= 15 is 0 Å². The molecule has 16 heavy (non-hydrogen) atoms. The maximum absolute atomic E-state index is 10.9. The highest BCUT2D eigenvalue weighted by Crippen LogP contribution is 2.08. The molecular weight excluding hydrogens is 224 g/mol. The Morgan fingerprint density at radius 1 is 1.12 bits per heavy atom. The highest BCUT2D eigenvalue weighted by Gasteiger charge is 2.08. The predicted molar refractivity (Wildman–Crippen MR) is 67.5 cm³/mol. The topological polar surface area (TPSA) is 49.4 Å². The quantitative estimate of drug-likeness (QED) is 0.667. The van der Waals surface area contributed by atoms with Crippen LogP contribution in [-0.2, 0) is 9.84 Å². The zero-order valence-corrected chi connectivity index (χ0v) is 11.1. The van der Waals surface area contributed by atoms with Crippen LogP contribution in [0.5, 0.6) is 0 Å². The van der Waals surface area contributed by atoms with E-state index in [1.54, 1.807) is 0 Å². The summed E-state index contributed by atoms with van der Waals surface area (Å²) in [5, 5.41) is 3.18. The fraction of sp³-hybridized carbons (Fsp3) is 1.00. The molecule has 1 fully saturated rings. The highest BCUT2D eigenvalue weighted by molar-refractivity contribution is 7.90. The molecule has 4 nitrogen and oxygen atoms in total. The lowest BCUT2D eigenvalue weighted by Gasteiger charge is -2.26. The predicted octanol–water partition coefficient (Wildman–Crippen LogP) is 0.497. The fourth-order valence-corrected chi connectivity index (χ4v) is 2.51. The first kappa shape index (κ1) is 13.9. The summed E-state index contributed by atoms with van der Waals surface area (Å²) in [5.41, 5.74) is 0. The summed E-state index contributed by atoms with van der Waals surface area (Å²) >= 11 is 0. The molecule has 1 rings (SSSR count). The summed E-state index contributed by atoms with van der Waals surface area (Å²) in [6, 6.07) is 0. The first-order valence-electron chi connectivity index (χ1n) is 6.19. The van der Waals surface area contributed by atoms with Crippen molar-refractivity contribution in [1.29, 1.82) is 0 Å². The van der Waals surface area contributed by atoms with Crippen LogP contribution in [0.15, 0.2) is 0 Å². The molecule has 1 heterocycles. The van der Waals surface area contributed by atoms with E-state index in [1.165, 1.54) is 38.6 Å². The second-order valence-corrected chi connectivity index (χ2v) is 6.90. The van der Waals surface area contributed by atoms with E-state index in [9.17, 15) is 8.42 Å². The van der Waals surface area contributed by atoms with Crippen LogP contribution in [0.25, 0.3) is 0 Å². The van der Waals surface area contributed by atoms with Gasteiger partial charge in [-0.2, -0.15) is 0 Å². The molecule has 0 saturated carbocycles. The summed E-state index contributed by atoms with van der Waals surface area (Å²) in [6.07, 6.45) is 6.44. The van der Waals surface area contributed by atoms with Gasteiger partial charge in [0.05, 0.1) is 5.75 Å². The van der Waals surface area contributed by atoms with Crippen molar-refractivity contribution in [3.05, 3.63) is 0 Å². The lowest BCUT2D eigenvalue weighted by Crippen LogP contribution is -2.32. The van der Waals surface area contributed by atoms with Crippen molar-refractivity contribution < 1.29 is 8.42 Å². The van der Waals surface area contributed by atoms with Gasteiger partial charge in [0.2, 0.25) is 0 Å². The van der Waals surface area contributed by atoms with E-state index in [2.05, 4.69) is 10.2 Å². The van der Waals surface area contributed by atoms with Crippen LogP contribution in [0.4, 0.5) is 0 Å². The second kappa shape index (κ2) is 7.25. The average molecular weight is 248 g/mol.